The van der Waals surface area contributed by atoms with Gasteiger partial charge in [-0.15, -0.1) is 0 Å². The van der Waals surface area contributed by atoms with Crippen molar-refractivity contribution < 1.29 is 4.39 Å². The molecular weight excluding hydrogens is 241 g/mol. The number of aromatic amines is 1. The van der Waals surface area contributed by atoms with E-state index in [-0.39, 0.29) is 11.9 Å². The van der Waals surface area contributed by atoms with Crippen LogP contribution < -0.4 is 0 Å². The van der Waals surface area contributed by atoms with Crippen LogP contribution in [0.1, 0.15) is 45.0 Å². The molecule has 1 atom stereocenters. The summed E-state index contributed by atoms with van der Waals surface area (Å²) in [5.41, 5.74) is 1.61. The third-order valence-electron chi connectivity index (χ3n) is 3.56. The van der Waals surface area contributed by atoms with Crippen molar-refractivity contribution in [2.75, 3.05) is 13.6 Å². The molecule has 3 nitrogen and oxygen atoms in total. The van der Waals surface area contributed by atoms with E-state index >= 15 is 0 Å². The van der Waals surface area contributed by atoms with E-state index in [2.05, 4.69) is 35.8 Å². The number of nitrogens with zero attached hydrogens (tertiary/aromatic N) is 2. The van der Waals surface area contributed by atoms with E-state index in [9.17, 15) is 4.39 Å². The van der Waals surface area contributed by atoms with Gasteiger partial charge in [-0.2, -0.15) is 0 Å². The van der Waals surface area contributed by atoms with Gasteiger partial charge in [0.25, 0.3) is 0 Å². The van der Waals surface area contributed by atoms with Gasteiger partial charge in [-0.05, 0) is 44.6 Å². The highest BCUT2D eigenvalue weighted by Crippen LogP contribution is 2.23. The summed E-state index contributed by atoms with van der Waals surface area (Å²) in [6, 6.07) is 4.95. The molecule has 0 aliphatic carbocycles. The first-order valence-corrected chi connectivity index (χ1v) is 7.01. The van der Waals surface area contributed by atoms with E-state index in [1.54, 1.807) is 6.07 Å². The molecule has 0 bridgehead atoms. The minimum atomic E-state index is -0.227. The summed E-state index contributed by atoms with van der Waals surface area (Å²) < 4.78 is 13.2. The van der Waals surface area contributed by atoms with E-state index < -0.39 is 0 Å². The summed E-state index contributed by atoms with van der Waals surface area (Å²) in [7, 11) is 2.12. The van der Waals surface area contributed by atoms with Gasteiger partial charge in [0.1, 0.15) is 11.6 Å². The molecule has 104 valence electrons. The molecular formula is C15H22FN3. The number of benzene rings is 1. The van der Waals surface area contributed by atoms with Gasteiger partial charge in [0, 0.05) is 0 Å². The van der Waals surface area contributed by atoms with Crippen molar-refractivity contribution >= 4 is 11.0 Å². The highest BCUT2D eigenvalue weighted by molar-refractivity contribution is 5.75. The van der Waals surface area contributed by atoms with Crippen molar-refractivity contribution in [3.05, 3.63) is 29.8 Å². The predicted octanol–water partition coefficient (Wildman–Crippen LogP) is 3.89. The van der Waals surface area contributed by atoms with Gasteiger partial charge in [0.2, 0.25) is 0 Å². The van der Waals surface area contributed by atoms with Crippen LogP contribution in [0, 0.1) is 5.82 Å². The highest BCUT2D eigenvalue weighted by Gasteiger charge is 2.18. The van der Waals surface area contributed by atoms with Gasteiger partial charge in [0.05, 0.1) is 17.1 Å². The molecule has 1 heterocycles. The topological polar surface area (TPSA) is 31.9 Å². The van der Waals surface area contributed by atoms with Crippen LogP contribution in [-0.2, 0) is 0 Å². The second kappa shape index (κ2) is 6.15. The van der Waals surface area contributed by atoms with Crippen molar-refractivity contribution in [1.82, 2.24) is 14.9 Å². The monoisotopic (exact) mass is 263 g/mol. The zero-order valence-corrected chi connectivity index (χ0v) is 11.9. The fourth-order valence-electron chi connectivity index (χ4n) is 2.44. The molecule has 1 aromatic carbocycles. The molecule has 0 aliphatic heterocycles. The molecule has 2 aromatic rings. The summed E-state index contributed by atoms with van der Waals surface area (Å²) in [6.07, 6.45) is 3.36. The van der Waals surface area contributed by atoms with E-state index in [0.29, 0.717) is 0 Å². The SMILES string of the molecule is CCCCN(C)C(CC)c1nc2ccc(F)cc2[nH]1. The fourth-order valence-corrected chi connectivity index (χ4v) is 2.44. The minimum Gasteiger partial charge on any atom is -0.341 e. The smallest absolute Gasteiger partial charge is 0.125 e. The molecule has 1 aromatic heterocycles. The van der Waals surface area contributed by atoms with Crippen molar-refractivity contribution in [2.24, 2.45) is 0 Å². The van der Waals surface area contributed by atoms with Gasteiger partial charge in [0.15, 0.2) is 0 Å². The summed E-state index contributed by atoms with van der Waals surface area (Å²) in [4.78, 5) is 10.2. The zero-order valence-electron chi connectivity index (χ0n) is 11.9. The molecule has 0 radical (unpaired) electrons. The largest absolute Gasteiger partial charge is 0.341 e. The Bertz CT molecular complexity index is 535. The maximum absolute atomic E-state index is 13.2. The Balaban J connectivity index is 2.24. The van der Waals surface area contributed by atoms with Crippen molar-refractivity contribution in [1.29, 1.82) is 0 Å². The summed E-state index contributed by atoms with van der Waals surface area (Å²) >= 11 is 0. The lowest BCUT2D eigenvalue weighted by molar-refractivity contribution is 0.227. The molecule has 0 fully saturated rings. The van der Waals surface area contributed by atoms with Crippen LogP contribution >= 0.6 is 0 Å². The Morgan fingerprint density at radius 1 is 1.37 bits per heavy atom. The third kappa shape index (κ3) is 3.13. The molecule has 4 heteroatoms. The zero-order chi connectivity index (χ0) is 13.8. The van der Waals surface area contributed by atoms with Gasteiger partial charge >= 0.3 is 0 Å². The molecule has 1 unspecified atom stereocenters. The first-order chi connectivity index (χ1) is 9.15. The van der Waals surface area contributed by atoms with Gasteiger partial charge in [-0.1, -0.05) is 20.3 Å². The summed E-state index contributed by atoms with van der Waals surface area (Å²) in [5, 5.41) is 0. The van der Waals surface area contributed by atoms with E-state index in [1.165, 1.54) is 25.0 Å². The maximum atomic E-state index is 13.2. The average Bonchev–Trinajstić information content (AvgIpc) is 2.79. The van der Waals surface area contributed by atoms with Crippen LogP contribution in [0.25, 0.3) is 11.0 Å². The lowest BCUT2D eigenvalue weighted by Crippen LogP contribution is -2.26. The fraction of sp³-hybridized carbons (Fsp3) is 0.533. The number of H-pyrrole nitrogens is 1. The Hall–Kier alpha value is -1.42. The predicted molar refractivity (Wildman–Crippen MR) is 76.6 cm³/mol. The lowest BCUT2D eigenvalue weighted by atomic mass is 10.1. The van der Waals surface area contributed by atoms with E-state index in [0.717, 1.165) is 29.8 Å². The quantitative estimate of drug-likeness (QED) is 0.857. The molecule has 0 amide bonds. The van der Waals surface area contributed by atoms with Gasteiger partial charge in [-0.25, -0.2) is 9.37 Å². The van der Waals surface area contributed by atoms with Crippen LogP contribution in [0.15, 0.2) is 18.2 Å². The average molecular weight is 263 g/mol. The molecule has 0 saturated carbocycles. The van der Waals surface area contributed by atoms with E-state index in [1.807, 2.05) is 0 Å². The number of unbranched alkanes of at least 4 members (excludes halogenated alkanes) is 1. The minimum absolute atomic E-state index is 0.227. The maximum Gasteiger partial charge on any atom is 0.125 e. The number of rotatable bonds is 6. The first kappa shape index (κ1) is 14.0. The normalized spacial score (nSPS) is 13.3. The standard InChI is InChI=1S/C15H22FN3/c1-4-6-9-19(3)14(5-2)15-17-12-8-7-11(16)10-13(12)18-15/h7-8,10,14H,4-6,9H2,1-3H3,(H,17,18). The number of nitrogens with one attached hydrogen (secondary N) is 1. The number of hydrogen-bond acceptors (Lipinski definition) is 2. The second-order valence-electron chi connectivity index (χ2n) is 5.04. The van der Waals surface area contributed by atoms with Crippen LogP contribution in [0.5, 0.6) is 0 Å². The highest BCUT2D eigenvalue weighted by atomic mass is 19.1. The van der Waals surface area contributed by atoms with Crippen molar-refractivity contribution in [3.63, 3.8) is 0 Å². The molecule has 2 rings (SSSR count). The molecule has 1 N–H and O–H groups in total. The van der Waals surface area contributed by atoms with Gasteiger partial charge < -0.3 is 4.98 Å². The van der Waals surface area contributed by atoms with Crippen LogP contribution in [0.3, 0.4) is 0 Å². The Morgan fingerprint density at radius 2 is 2.16 bits per heavy atom. The van der Waals surface area contributed by atoms with Crippen LogP contribution in [0.4, 0.5) is 4.39 Å². The van der Waals surface area contributed by atoms with E-state index in [4.69, 9.17) is 0 Å². The third-order valence-corrected chi connectivity index (χ3v) is 3.56. The number of fused-ring (bicyclic) bond motifs is 1. The van der Waals surface area contributed by atoms with Crippen molar-refractivity contribution in [2.45, 2.75) is 39.2 Å². The molecule has 0 saturated heterocycles. The van der Waals surface area contributed by atoms with Crippen molar-refractivity contribution in [3.8, 4) is 0 Å². The Kier molecular flexibility index (Phi) is 4.53. The van der Waals surface area contributed by atoms with Crippen LogP contribution in [0.2, 0.25) is 0 Å². The Morgan fingerprint density at radius 3 is 2.84 bits per heavy atom. The van der Waals surface area contributed by atoms with Crippen LogP contribution in [-0.4, -0.2) is 28.5 Å². The number of imidazole rings is 1. The molecule has 19 heavy (non-hydrogen) atoms. The molecule has 0 spiro atoms. The first-order valence-electron chi connectivity index (χ1n) is 7.01. The van der Waals surface area contributed by atoms with Gasteiger partial charge in [-0.3, -0.25) is 4.90 Å². The molecule has 0 aliphatic rings. The number of halogens is 1. The number of aromatic nitrogens is 2. The summed E-state index contributed by atoms with van der Waals surface area (Å²) in [6.45, 7) is 5.40. The second-order valence-corrected chi connectivity index (χ2v) is 5.04. The summed E-state index contributed by atoms with van der Waals surface area (Å²) in [5.74, 6) is 0.705. The lowest BCUT2D eigenvalue weighted by Gasteiger charge is -2.25. The number of hydrogen-bond donors (Lipinski definition) is 1. The Labute approximate surface area is 113 Å².